The van der Waals surface area contributed by atoms with Crippen LogP contribution < -0.4 is 5.43 Å². The summed E-state index contributed by atoms with van der Waals surface area (Å²) in [6, 6.07) is 14.6. The number of hydrazone groups is 1. The number of benzene rings is 2. The van der Waals surface area contributed by atoms with Gasteiger partial charge in [0.25, 0.3) is 11.6 Å². The molecule has 0 saturated carbocycles. The van der Waals surface area contributed by atoms with Crippen molar-refractivity contribution < 1.29 is 9.72 Å². The van der Waals surface area contributed by atoms with E-state index in [-0.39, 0.29) is 11.6 Å². The van der Waals surface area contributed by atoms with E-state index in [9.17, 15) is 14.9 Å². The van der Waals surface area contributed by atoms with E-state index in [0.717, 1.165) is 32.7 Å². The third-order valence-electron chi connectivity index (χ3n) is 4.87. The monoisotopic (exact) mass is 395 g/mol. The molecule has 0 bridgehead atoms. The van der Waals surface area contributed by atoms with Gasteiger partial charge in [0.05, 0.1) is 17.7 Å². The Bertz CT molecular complexity index is 857. The fraction of sp³-hybridized carbons (Fsp3) is 0.333. The molecule has 0 aliphatic carbocycles. The van der Waals surface area contributed by atoms with Gasteiger partial charge in [0.15, 0.2) is 0 Å². The molecule has 1 aliphatic rings. The normalized spacial score (nSPS) is 15.5. The molecular weight excluding hydrogens is 370 g/mol. The number of aryl methyl sites for hydroxylation is 1. The second-order valence-electron chi connectivity index (χ2n) is 7.18. The molecule has 8 heteroatoms. The minimum Gasteiger partial charge on any atom is -0.297 e. The Hall–Kier alpha value is -3.10. The number of nitrogens with zero attached hydrogens (tertiary/aromatic N) is 4. The van der Waals surface area contributed by atoms with Gasteiger partial charge in [-0.1, -0.05) is 29.8 Å². The summed E-state index contributed by atoms with van der Waals surface area (Å²) in [6.45, 7) is 6.84. The molecule has 0 radical (unpaired) electrons. The molecule has 1 heterocycles. The molecule has 2 aromatic carbocycles. The quantitative estimate of drug-likeness (QED) is 0.441. The molecule has 2 aromatic rings. The maximum absolute atomic E-state index is 12.1. The number of piperazine rings is 1. The van der Waals surface area contributed by atoms with Crippen LogP contribution in [0.5, 0.6) is 0 Å². The highest BCUT2D eigenvalue weighted by Crippen LogP contribution is 2.11. The summed E-state index contributed by atoms with van der Waals surface area (Å²) in [5.74, 6) is -0.171. The summed E-state index contributed by atoms with van der Waals surface area (Å²) >= 11 is 0. The average Bonchev–Trinajstić information content (AvgIpc) is 2.71. The van der Waals surface area contributed by atoms with E-state index in [2.05, 4.69) is 51.5 Å². The summed E-state index contributed by atoms with van der Waals surface area (Å²) in [7, 11) is 0. The molecule has 1 N–H and O–H groups in total. The van der Waals surface area contributed by atoms with Crippen molar-refractivity contribution in [1.82, 2.24) is 15.2 Å². The molecule has 152 valence electrons. The number of carbonyl (C=O) groups excluding carboxylic acids is 1. The smallest absolute Gasteiger partial charge is 0.269 e. The van der Waals surface area contributed by atoms with E-state index in [4.69, 9.17) is 0 Å². The van der Waals surface area contributed by atoms with Gasteiger partial charge in [-0.25, -0.2) is 5.43 Å². The van der Waals surface area contributed by atoms with E-state index >= 15 is 0 Å². The number of hydrogen-bond acceptors (Lipinski definition) is 6. The molecule has 0 aromatic heterocycles. The highest BCUT2D eigenvalue weighted by molar-refractivity contribution is 5.83. The van der Waals surface area contributed by atoms with Gasteiger partial charge in [-0.05, 0) is 30.2 Å². The van der Waals surface area contributed by atoms with Crippen molar-refractivity contribution in [3.63, 3.8) is 0 Å². The third kappa shape index (κ3) is 6.48. The van der Waals surface area contributed by atoms with Crippen molar-refractivity contribution >= 4 is 17.8 Å². The van der Waals surface area contributed by atoms with Gasteiger partial charge in [0.1, 0.15) is 0 Å². The molecule has 1 aliphatic heterocycles. The molecule has 0 atom stereocenters. The van der Waals surface area contributed by atoms with E-state index in [1.165, 1.54) is 29.5 Å². The first-order valence-electron chi connectivity index (χ1n) is 9.56. The van der Waals surface area contributed by atoms with Crippen LogP contribution in [0.1, 0.15) is 16.7 Å². The minimum atomic E-state index is -0.455. The Morgan fingerprint density at radius 3 is 2.31 bits per heavy atom. The Balaban J connectivity index is 1.38. The lowest BCUT2D eigenvalue weighted by molar-refractivity contribution is -0.384. The van der Waals surface area contributed by atoms with Crippen LogP contribution in [0.3, 0.4) is 0 Å². The molecule has 8 nitrogen and oxygen atoms in total. The van der Waals surface area contributed by atoms with Gasteiger partial charge in [0.2, 0.25) is 0 Å². The number of carbonyl (C=O) groups is 1. The summed E-state index contributed by atoms with van der Waals surface area (Å²) < 4.78 is 0. The highest BCUT2D eigenvalue weighted by atomic mass is 16.6. The molecule has 0 spiro atoms. The first-order chi connectivity index (χ1) is 14.0. The van der Waals surface area contributed by atoms with Gasteiger partial charge in [-0.3, -0.25) is 24.7 Å². The molecule has 1 saturated heterocycles. The second-order valence-corrected chi connectivity index (χ2v) is 7.18. The van der Waals surface area contributed by atoms with Crippen molar-refractivity contribution in [3.8, 4) is 0 Å². The Morgan fingerprint density at radius 2 is 1.69 bits per heavy atom. The van der Waals surface area contributed by atoms with Crippen LogP contribution in [0.2, 0.25) is 0 Å². The summed E-state index contributed by atoms with van der Waals surface area (Å²) in [4.78, 5) is 26.8. The van der Waals surface area contributed by atoms with E-state index in [1.54, 1.807) is 12.1 Å². The lowest BCUT2D eigenvalue weighted by Crippen LogP contribution is -2.48. The van der Waals surface area contributed by atoms with Crippen LogP contribution in [0, 0.1) is 17.0 Å². The number of hydrogen-bond donors (Lipinski definition) is 1. The number of nitrogens with one attached hydrogen (secondary N) is 1. The Labute approximate surface area is 170 Å². The zero-order valence-electron chi connectivity index (χ0n) is 16.5. The fourth-order valence-electron chi connectivity index (χ4n) is 3.16. The van der Waals surface area contributed by atoms with Gasteiger partial charge in [-0.15, -0.1) is 0 Å². The van der Waals surface area contributed by atoms with Crippen molar-refractivity contribution in [3.05, 3.63) is 75.3 Å². The zero-order valence-corrected chi connectivity index (χ0v) is 16.5. The second kappa shape index (κ2) is 9.90. The number of nitro groups is 1. The highest BCUT2D eigenvalue weighted by Gasteiger charge is 2.18. The summed E-state index contributed by atoms with van der Waals surface area (Å²) in [5, 5.41) is 14.6. The summed E-state index contributed by atoms with van der Waals surface area (Å²) in [5.41, 5.74) is 5.79. The molecule has 1 fully saturated rings. The van der Waals surface area contributed by atoms with Crippen LogP contribution in [-0.4, -0.2) is 59.6 Å². The van der Waals surface area contributed by atoms with Crippen molar-refractivity contribution in [2.45, 2.75) is 13.5 Å². The van der Waals surface area contributed by atoms with E-state index < -0.39 is 4.92 Å². The van der Waals surface area contributed by atoms with E-state index in [0.29, 0.717) is 12.1 Å². The lowest BCUT2D eigenvalue weighted by Gasteiger charge is -2.34. The maximum Gasteiger partial charge on any atom is 0.269 e. The lowest BCUT2D eigenvalue weighted by atomic mass is 10.1. The van der Waals surface area contributed by atoms with Gasteiger partial charge < -0.3 is 0 Å². The van der Waals surface area contributed by atoms with Gasteiger partial charge in [-0.2, -0.15) is 5.10 Å². The predicted molar refractivity (Wildman–Crippen MR) is 112 cm³/mol. The average molecular weight is 395 g/mol. The number of non-ortho nitro benzene ring substituents is 1. The SMILES string of the molecule is Cc1ccc(CN2CCN(CC(=O)NN=Cc3ccc([N+](=O)[O-])cc3)CC2)cc1. The van der Waals surface area contributed by atoms with Crippen LogP contribution in [0.25, 0.3) is 0 Å². The molecular formula is C21H25N5O3. The van der Waals surface area contributed by atoms with E-state index in [1.807, 2.05) is 0 Å². The first-order valence-corrected chi connectivity index (χ1v) is 9.56. The molecule has 1 amide bonds. The molecule has 3 rings (SSSR count). The van der Waals surface area contributed by atoms with Crippen LogP contribution in [0.4, 0.5) is 5.69 Å². The largest absolute Gasteiger partial charge is 0.297 e. The molecule has 0 unspecified atom stereocenters. The van der Waals surface area contributed by atoms with Gasteiger partial charge >= 0.3 is 0 Å². The number of amides is 1. The maximum atomic E-state index is 12.1. The summed E-state index contributed by atoms with van der Waals surface area (Å²) in [6.07, 6.45) is 1.47. The van der Waals surface area contributed by atoms with Crippen LogP contribution >= 0.6 is 0 Å². The Kier molecular flexibility index (Phi) is 7.04. The van der Waals surface area contributed by atoms with Crippen LogP contribution in [-0.2, 0) is 11.3 Å². The minimum absolute atomic E-state index is 0.0210. The third-order valence-corrected chi connectivity index (χ3v) is 4.87. The van der Waals surface area contributed by atoms with Crippen LogP contribution in [0.15, 0.2) is 53.6 Å². The van der Waals surface area contributed by atoms with Crippen molar-refractivity contribution in [1.29, 1.82) is 0 Å². The van der Waals surface area contributed by atoms with Crippen molar-refractivity contribution in [2.75, 3.05) is 32.7 Å². The first kappa shape index (κ1) is 20.6. The Morgan fingerprint density at radius 1 is 1.07 bits per heavy atom. The predicted octanol–water partition coefficient (Wildman–Crippen LogP) is 2.17. The standard InChI is InChI=1S/C21H25N5O3/c1-17-2-4-19(5-3-17)15-24-10-12-25(13-11-24)16-21(27)23-22-14-18-6-8-20(9-7-18)26(28)29/h2-9,14H,10-13,15-16H2,1H3,(H,23,27). The topological polar surface area (TPSA) is 91.1 Å². The fourth-order valence-corrected chi connectivity index (χ4v) is 3.16. The van der Waals surface area contributed by atoms with Gasteiger partial charge in [0, 0.05) is 44.9 Å². The van der Waals surface area contributed by atoms with Crippen molar-refractivity contribution in [2.24, 2.45) is 5.10 Å². The molecule has 29 heavy (non-hydrogen) atoms. The zero-order chi connectivity index (χ0) is 20.6. The number of rotatable bonds is 7. The number of nitro benzene ring substituents is 1.